The molecule has 0 bridgehead atoms. The second-order valence-corrected chi connectivity index (χ2v) is 8.72. The van der Waals surface area contributed by atoms with E-state index in [-0.39, 0.29) is 29.6 Å². The van der Waals surface area contributed by atoms with Crippen LogP contribution in [0.25, 0.3) is 28.2 Å². The Morgan fingerprint density at radius 2 is 1.61 bits per heavy atom. The molecule has 1 atom stereocenters. The number of carbonyl (C=O) groups excluding carboxylic acids is 1. The van der Waals surface area contributed by atoms with Crippen LogP contribution < -0.4 is 4.89 Å². The molecule has 36 heavy (non-hydrogen) atoms. The first-order valence-corrected chi connectivity index (χ1v) is 11.9. The summed E-state index contributed by atoms with van der Waals surface area (Å²) in [6, 6.07) is 28.0. The van der Waals surface area contributed by atoms with Gasteiger partial charge < -0.3 is 4.42 Å². The predicted octanol–water partition coefficient (Wildman–Crippen LogP) is 6.91. The summed E-state index contributed by atoms with van der Waals surface area (Å²) in [7, 11) is 0. The fraction of sp³-hybridized carbons (Fsp3) is 0.200. The Kier molecular flexibility index (Phi) is 8.81. The second kappa shape index (κ2) is 12.2. The molecule has 3 aromatic carbocycles. The van der Waals surface area contributed by atoms with E-state index in [4.69, 9.17) is 14.3 Å². The van der Waals surface area contributed by atoms with E-state index in [1.54, 1.807) is 0 Å². The van der Waals surface area contributed by atoms with E-state index in [2.05, 4.69) is 35.2 Å². The number of aromatic nitrogens is 1. The Morgan fingerprint density at radius 1 is 0.944 bits per heavy atom. The van der Waals surface area contributed by atoms with Gasteiger partial charge in [0.25, 0.3) is 0 Å². The number of allylic oxidation sites excluding steroid dienone is 2. The molecule has 1 radical (unpaired) electrons. The van der Waals surface area contributed by atoms with Gasteiger partial charge in [-0.25, -0.2) is 9.78 Å². The van der Waals surface area contributed by atoms with Gasteiger partial charge in [-0.05, 0) is 49.3 Å². The minimum atomic E-state index is -0.484. The van der Waals surface area contributed by atoms with Crippen LogP contribution in [0.2, 0.25) is 0 Å². The average Bonchev–Trinajstić information content (AvgIpc) is 3.35. The Balaban J connectivity index is 0.00000304. The number of nitrogens with zero attached hydrogens (tertiary/aromatic N) is 1. The predicted molar refractivity (Wildman–Crippen MR) is 141 cm³/mol. The third kappa shape index (κ3) is 6.16. The molecule has 1 aliphatic carbocycles. The molecule has 4 aromatic rings. The van der Waals surface area contributed by atoms with Gasteiger partial charge in [-0.15, -0.1) is 0 Å². The van der Waals surface area contributed by atoms with E-state index in [0.717, 1.165) is 53.8 Å². The standard InChI is InChI=1S/C30H27NO4.Na/c1-21(32)34-35-26-18-16-22(17-19-26)20-25-14-8-9-15-27(25)30-31-28(23-10-4-2-5-11-23)29(33-30)24-12-6-3-7-13-24;/h2-7,10-13,15-19,25H,8-9,14,20H2,1H3;. The largest absolute Gasteiger partial charge is 0.436 e. The fourth-order valence-corrected chi connectivity index (χ4v) is 4.51. The Labute approximate surface area is 233 Å². The minimum Gasteiger partial charge on any atom is -0.436 e. The molecule has 0 saturated carbocycles. The van der Waals surface area contributed by atoms with Gasteiger partial charge in [0, 0.05) is 53.2 Å². The van der Waals surface area contributed by atoms with E-state index >= 15 is 0 Å². The van der Waals surface area contributed by atoms with E-state index < -0.39 is 5.97 Å². The normalized spacial score (nSPS) is 14.9. The molecule has 5 nitrogen and oxygen atoms in total. The summed E-state index contributed by atoms with van der Waals surface area (Å²) in [6.45, 7) is 1.31. The van der Waals surface area contributed by atoms with Gasteiger partial charge in [0.15, 0.2) is 11.5 Å². The van der Waals surface area contributed by atoms with Gasteiger partial charge in [0.1, 0.15) is 5.69 Å². The molecule has 1 unspecified atom stereocenters. The molecule has 0 spiro atoms. The monoisotopic (exact) mass is 488 g/mol. The van der Waals surface area contributed by atoms with Crippen molar-refractivity contribution in [3.8, 4) is 28.3 Å². The summed E-state index contributed by atoms with van der Waals surface area (Å²) in [5.74, 6) is 1.80. The van der Waals surface area contributed by atoms with Crippen molar-refractivity contribution in [3.05, 3.63) is 102 Å². The zero-order valence-corrected chi connectivity index (χ0v) is 22.6. The van der Waals surface area contributed by atoms with Crippen molar-refractivity contribution in [1.29, 1.82) is 0 Å². The van der Waals surface area contributed by atoms with E-state index in [0.29, 0.717) is 17.6 Å². The van der Waals surface area contributed by atoms with Crippen LogP contribution in [-0.2, 0) is 16.1 Å². The Bertz CT molecular complexity index is 1260. The molecule has 0 saturated heterocycles. The molecular weight excluding hydrogens is 461 g/mol. The van der Waals surface area contributed by atoms with Crippen molar-refractivity contribution in [2.24, 2.45) is 5.92 Å². The van der Waals surface area contributed by atoms with Gasteiger partial charge in [0.2, 0.25) is 5.89 Å². The fourth-order valence-electron chi connectivity index (χ4n) is 4.51. The van der Waals surface area contributed by atoms with Gasteiger partial charge in [-0.1, -0.05) is 78.9 Å². The van der Waals surface area contributed by atoms with Gasteiger partial charge in [0.05, 0.1) is 0 Å². The number of benzene rings is 3. The molecule has 0 aliphatic heterocycles. The van der Waals surface area contributed by atoms with E-state index in [1.165, 1.54) is 12.5 Å². The van der Waals surface area contributed by atoms with Crippen molar-refractivity contribution in [2.75, 3.05) is 0 Å². The molecule has 5 rings (SSSR count). The van der Waals surface area contributed by atoms with Gasteiger partial charge in [-0.2, -0.15) is 0 Å². The van der Waals surface area contributed by atoms with Crippen molar-refractivity contribution < 1.29 is 19.0 Å². The number of rotatable bonds is 7. The van der Waals surface area contributed by atoms with Crippen LogP contribution in [0.15, 0.2) is 95.4 Å². The quantitative estimate of drug-likeness (QED) is 0.161. The summed E-state index contributed by atoms with van der Waals surface area (Å²) in [6.07, 6.45) is 6.37. The molecule has 0 fully saturated rings. The maximum atomic E-state index is 11.0. The van der Waals surface area contributed by atoms with Crippen molar-refractivity contribution in [2.45, 2.75) is 32.6 Å². The summed E-state index contributed by atoms with van der Waals surface area (Å²) in [4.78, 5) is 25.6. The first kappa shape index (κ1) is 26.0. The summed E-state index contributed by atoms with van der Waals surface area (Å²) >= 11 is 0. The maximum Gasteiger partial charge on any atom is 0.352 e. The molecular formula is C30H27NNaO4. The SMILES string of the molecule is CC(=O)OOc1ccc(CC2CCCC=C2c2nc(-c3ccccc3)c(-c3ccccc3)o2)cc1.[Na]. The third-order valence-electron chi connectivity index (χ3n) is 6.18. The molecule has 0 amide bonds. The first-order chi connectivity index (χ1) is 17.2. The summed E-state index contributed by atoms with van der Waals surface area (Å²) < 4.78 is 6.49. The van der Waals surface area contributed by atoms with Gasteiger partial charge in [-0.3, -0.25) is 9.78 Å². The second-order valence-electron chi connectivity index (χ2n) is 8.72. The van der Waals surface area contributed by atoms with Crippen LogP contribution >= 0.6 is 0 Å². The van der Waals surface area contributed by atoms with Crippen molar-refractivity contribution in [3.63, 3.8) is 0 Å². The Hall–Kier alpha value is -3.12. The zero-order chi connectivity index (χ0) is 24.0. The van der Waals surface area contributed by atoms with Crippen LogP contribution in [0.4, 0.5) is 0 Å². The molecule has 1 heterocycles. The Morgan fingerprint density at radius 3 is 2.28 bits per heavy atom. The molecule has 6 heteroatoms. The van der Waals surface area contributed by atoms with Crippen LogP contribution in [0.3, 0.4) is 0 Å². The third-order valence-corrected chi connectivity index (χ3v) is 6.18. The summed E-state index contributed by atoms with van der Waals surface area (Å²) in [5, 5.41) is 0. The average molecular weight is 489 g/mol. The van der Waals surface area contributed by atoms with E-state index in [1.807, 2.05) is 60.7 Å². The number of hydrogen-bond acceptors (Lipinski definition) is 5. The van der Waals surface area contributed by atoms with Gasteiger partial charge >= 0.3 is 5.97 Å². The van der Waals surface area contributed by atoms with Crippen molar-refractivity contribution >= 4 is 41.1 Å². The minimum absolute atomic E-state index is 0. The first-order valence-electron chi connectivity index (χ1n) is 11.9. The van der Waals surface area contributed by atoms with Crippen molar-refractivity contribution in [1.82, 2.24) is 4.98 Å². The molecule has 177 valence electrons. The molecule has 1 aliphatic rings. The van der Waals surface area contributed by atoms with E-state index in [9.17, 15) is 4.79 Å². The number of oxazole rings is 1. The number of hydrogen-bond donors (Lipinski definition) is 0. The van der Waals surface area contributed by atoms with Crippen LogP contribution in [0.1, 0.15) is 37.6 Å². The number of carbonyl (C=O) groups is 1. The zero-order valence-electron chi connectivity index (χ0n) is 20.6. The molecule has 0 N–H and O–H groups in total. The molecule has 1 aromatic heterocycles. The van der Waals surface area contributed by atoms with Crippen LogP contribution in [0, 0.1) is 5.92 Å². The summed E-state index contributed by atoms with van der Waals surface area (Å²) in [5.41, 5.74) is 5.26. The van der Waals surface area contributed by atoms with Crippen LogP contribution in [0.5, 0.6) is 5.75 Å². The topological polar surface area (TPSA) is 61.6 Å². The smallest absolute Gasteiger partial charge is 0.352 e. The maximum absolute atomic E-state index is 11.0. The van der Waals surface area contributed by atoms with Crippen LogP contribution in [-0.4, -0.2) is 40.5 Å².